The highest BCUT2D eigenvalue weighted by atomic mass is 79.9. The standard InChI is InChI=1S/C29H19BrCl2N2O2S/c30-25-16-20(6-15-26(25)36-18-19-4-2-1-3-5-19)17-27-28(35)34(24-13-9-22(32)10-14-24)29(37-27)33-23-11-7-21(31)8-12-23/h1-17H,18H2/b27-17-,33-29?. The highest BCUT2D eigenvalue weighted by molar-refractivity contribution is 9.10. The van der Waals surface area contributed by atoms with Crippen LogP contribution in [0.3, 0.4) is 0 Å². The summed E-state index contributed by atoms with van der Waals surface area (Å²) in [5.74, 6) is 0.560. The van der Waals surface area contributed by atoms with Crippen molar-refractivity contribution in [3.63, 3.8) is 0 Å². The van der Waals surface area contributed by atoms with Gasteiger partial charge in [0.05, 0.1) is 20.8 Å². The zero-order valence-electron chi connectivity index (χ0n) is 19.3. The molecular weight excluding hydrogens is 591 g/mol. The van der Waals surface area contributed by atoms with Gasteiger partial charge in [-0.2, -0.15) is 0 Å². The van der Waals surface area contributed by atoms with Crippen LogP contribution in [-0.2, 0) is 11.4 Å². The molecule has 4 aromatic rings. The number of thioether (sulfide) groups is 1. The van der Waals surface area contributed by atoms with E-state index in [-0.39, 0.29) is 5.91 Å². The topological polar surface area (TPSA) is 41.9 Å². The Morgan fingerprint density at radius 1 is 0.892 bits per heavy atom. The molecule has 0 N–H and O–H groups in total. The third-order valence-electron chi connectivity index (χ3n) is 5.43. The van der Waals surface area contributed by atoms with Gasteiger partial charge in [0.15, 0.2) is 5.17 Å². The van der Waals surface area contributed by atoms with E-state index in [0.717, 1.165) is 21.3 Å². The Hall–Kier alpha value is -3.03. The maximum absolute atomic E-state index is 13.5. The molecule has 0 aromatic heterocycles. The van der Waals surface area contributed by atoms with Gasteiger partial charge in [0.25, 0.3) is 5.91 Å². The maximum atomic E-state index is 13.5. The van der Waals surface area contributed by atoms with E-state index in [1.54, 1.807) is 41.3 Å². The average molecular weight is 610 g/mol. The van der Waals surface area contributed by atoms with Crippen molar-refractivity contribution in [1.29, 1.82) is 0 Å². The van der Waals surface area contributed by atoms with Crippen molar-refractivity contribution in [3.8, 4) is 5.75 Å². The van der Waals surface area contributed by atoms with E-state index in [0.29, 0.717) is 38.1 Å². The average Bonchev–Trinajstić information content (AvgIpc) is 3.20. The predicted molar refractivity (Wildman–Crippen MR) is 158 cm³/mol. The molecule has 0 spiro atoms. The van der Waals surface area contributed by atoms with Crippen molar-refractivity contribution in [2.45, 2.75) is 6.61 Å². The maximum Gasteiger partial charge on any atom is 0.271 e. The van der Waals surface area contributed by atoms with Crippen LogP contribution in [0.4, 0.5) is 11.4 Å². The van der Waals surface area contributed by atoms with Crippen molar-refractivity contribution >= 4 is 79.4 Å². The van der Waals surface area contributed by atoms with Gasteiger partial charge < -0.3 is 4.74 Å². The number of rotatable bonds is 6. The molecule has 1 aliphatic heterocycles. The Morgan fingerprint density at radius 3 is 2.24 bits per heavy atom. The summed E-state index contributed by atoms with van der Waals surface area (Å²) in [6.07, 6.45) is 1.85. The van der Waals surface area contributed by atoms with E-state index < -0.39 is 0 Å². The zero-order chi connectivity index (χ0) is 25.8. The van der Waals surface area contributed by atoms with Gasteiger partial charge in [-0.15, -0.1) is 0 Å². The molecule has 1 amide bonds. The summed E-state index contributed by atoms with van der Waals surface area (Å²) in [5.41, 5.74) is 3.33. The number of carbonyl (C=O) groups is 1. The number of benzene rings is 4. The molecule has 184 valence electrons. The van der Waals surface area contributed by atoms with Gasteiger partial charge in [-0.05, 0) is 106 Å². The lowest BCUT2D eigenvalue weighted by atomic mass is 10.2. The van der Waals surface area contributed by atoms with Gasteiger partial charge in [0, 0.05) is 10.0 Å². The fourth-order valence-corrected chi connectivity index (χ4v) is 5.37. The summed E-state index contributed by atoms with van der Waals surface area (Å²) < 4.78 is 6.76. The second-order valence-electron chi connectivity index (χ2n) is 8.06. The number of carbonyl (C=O) groups excluding carboxylic acids is 1. The molecule has 0 radical (unpaired) electrons. The van der Waals surface area contributed by atoms with Gasteiger partial charge in [-0.3, -0.25) is 9.69 Å². The van der Waals surface area contributed by atoms with E-state index >= 15 is 0 Å². The summed E-state index contributed by atoms with van der Waals surface area (Å²) >= 11 is 17.0. The molecule has 8 heteroatoms. The van der Waals surface area contributed by atoms with Crippen LogP contribution in [0.15, 0.2) is 111 Å². The third kappa shape index (κ3) is 6.28. The molecular formula is C29H19BrCl2N2O2S. The molecule has 0 unspecified atom stereocenters. The summed E-state index contributed by atoms with van der Waals surface area (Å²) in [5, 5.41) is 1.76. The quantitative estimate of drug-likeness (QED) is 0.205. The normalized spacial score (nSPS) is 15.5. The van der Waals surface area contributed by atoms with E-state index in [1.807, 2.05) is 66.7 Å². The van der Waals surface area contributed by atoms with Crippen LogP contribution in [0.25, 0.3) is 6.08 Å². The first kappa shape index (κ1) is 25.6. The number of aliphatic imine (C=N–C) groups is 1. The minimum Gasteiger partial charge on any atom is -0.488 e. The lowest BCUT2D eigenvalue weighted by molar-refractivity contribution is -0.113. The van der Waals surface area contributed by atoms with Crippen LogP contribution in [0.5, 0.6) is 5.75 Å². The Bertz CT molecular complexity index is 1490. The van der Waals surface area contributed by atoms with Crippen molar-refractivity contribution in [2.75, 3.05) is 4.90 Å². The third-order valence-corrected chi connectivity index (χ3v) is 7.53. The number of anilines is 1. The highest BCUT2D eigenvalue weighted by Gasteiger charge is 2.34. The SMILES string of the molecule is O=C1/C(=C/c2ccc(OCc3ccccc3)c(Br)c2)SC(=Nc2ccc(Cl)cc2)N1c1ccc(Cl)cc1. The molecule has 4 aromatic carbocycles. The van der Waals surface area contributed by atoms with Crippen LogP contribution in [0.1, 0.15) is 11.1 Å². The van der Waals surface area contributed by atoms with Crippen molar-refractivity contribution < 1.29 is 9.53 Å². The molecule has 37 heavy (non-hydrogen) atoms. The molecule has 1 aliphatic rings. The number of hydrogen-bond donors (Lipinski definition) is 0. The lowest BCUT2D eigenvalue weighted by Crippen LogP contribution is -2.28. The molecule has 5 rings (SSSR count). The predicted octanol–water partition coefficient (Wildman–Crippen LogP) is 9.14. The monoisotopic (exact) mass is 608 g/mol. The van der Waals surface area contributed by atoms with E-state index in [1.165, 1.54) is 11.8 Å². The van der Waals surface area contributed by atoms with Crippen molar-refractivity contribution in [2.24, 2.45) is 4.99 Å². The molecule has 0 atom stereocenters. The fraction of sp³-hybridized carbons (Fsp3) is 0.0345. The minimum absolute atomic E-state index is 0.166. The first-order valence-electron chi connectivity index (χ1n) is 11.3. The van der Waals surface area contributed by atoms with Crippen molar-refractivity contribution in [3.05, 3.63) is 128 Å². The van der Waals surface area contributed by atoms with E-state index in [2.05, 4.69) is 15.9 Å². The Kier molecular flexibility index (Phi) is 8.01. The Balaban J connectivity index is 1.42. The molecule has 0 aliphatic carbocycles. The van der Waals surface area contributed by atoms with E-state index in [4.69, 9.17) is 32.9 Å². The van der Waals surface area contributed by atoms with E-state index in [9.17, 15) is 4.79 Å². The lowest BCUT2D eigenvalue weighted by Gasteiger charge is -2.15. The number of halogens is 3. The van der Waals surface area contributed by atoms with Crippen LogP contribution < -0.4 is 9.64 Å². The number of nitrogens with zero attached hydrogens (tertiary/aromatic N) is 2. The molecule has 0 bridgehead atoms. The van der Waals surface area contributed by atoms with Crippen molar-refractivity contribution in [1.82, 2.24) is 0 Å². The number of amides is 1. The number of ether oxygens (including phenoxy) is 1. The Morgan fingerprint density at radius 2 is 1.57 bits per heavy atom. The first-order chi connectivity index (χ1) is 18.0. The summed E-state index contributed by atoms with van der Waals surface area (Å²) in [4.78, 5) is 20.4. The van der Waals surface area contributed by atoms with Gasteiger partial charge in [0.1, 0.15) is 12.4 Å². The number of hydrogen-bond acceptors (Lipinski definition) is 4. The van der Waals surface area contributed by atoms with Crippen LogP contribution in [0.2, 0.25) is 10.0 Å². The van der Waals surface area contributed by atoms with Gasteiger partial charge in [-0.25, -0.2) is 4.99 Å². The molecule has 1 heterocycles. The van der Waals surface area contributed by atoms with Gasteiger partial charge in [0.2, 0.25) is 0 Å². The van der Waals surface area contributed by atoms with Crippen LogP contribution >= 0.6 is 50.9 Å². The smallest absolute Gasteiger partial charge is 0.271 e. The fourth-order valence-electron chi connectivity index (χ4n) is 3.60. The molecule has 1 saturated heterocycles. The zero-order valence-corrected chi connectivity index (χ0v) is 23.2. The van der Waals surface area contributed by atoms with Crippen LogP contribution in [-0.4, -0.2) is 11.1 Å². The largest absolute Gasteiger partial charge is 0.488 e. The molecule has 4 nitrogen and oxygen atoms in total. The van der Waals surface area contributed by atoms with Gasteiger partial charge >= 0.3 is 0 Å². The minimum atomic E-state index is -0.166. The molecule has 1 fully saturated rings. The summed E-state index contributed by atoms with van der Waals surface area (Å²) in [6.45, 7) is 0.467. The number of amidine groups is 1. The second kappa shape index (κ2) is 11.6. The Labute approximate surface area is 237 Å². The summed E-state index contributed by atoms with van der Waals surface area (Å²) in [7, 11) is 0. The first-order valence-corrected chi connectivity index (χ1v) is 13.6. The highest BCUT2D eigenvalue weighted by Crippen LogP contribution is 2.38. The second-order valence-corrected chi connectivity index (χ2v) is 10.8. The van der Waals surface area contributed by atoms with Gasteiger partial charge in [-0.1, -0.05) is 59.6 Å². The van der Waals surface area contributed by atoms with Crippen LogP contribution in [0, 0.1) is 0 Å². The summed E-state index contributed by atoms with van der Waals surface area (Å²) in [6, 6.07) is 30.0. The molecule has 0 saturated carbocycles.